The average Bonchev–Trinajstić information content (AvgIpc) is 2.96. The molecule has 3 heterocycles. The molecule has 2 aromatic rings. The van der Waals surface area contributed by atoms with Crippen LogP contribution in [0.5, 0.6) is 0 Å². The molecule has 2 aromatic heterocycles. The van der Waals surface area contributed by atoms with Gasteiger partial charge in [0.15, 0.2) is 0 Å². The first-order chi connectivity index (χ1) is 9.76. The van der Waals surface area contributed by atoms with E-state index < -0.39 is 0 Å². The van der Waals surface area contributed by atoms with Crippen molar-refractivity contribution in [2.24, 2.45) is 0 Å². The molecule has 0 radical (unpaired) electrons. The van der Waals surface area contributed by atoms with E-state index in [0.717, 1.165) is 32.5 Å². The molecule has 0 amide bonds. The molecule has 0 atom stereocenters. The summed E-state index contributed by atoms with van der Waals surface area (Å²) in [5, 5.41) is 4.94. The predicted octanol–water partition coefficient (Wildman–Crippen LogP) is 3.34. The van der Waals surface area contributed by atoms with Crippen LogP contribution in [0.15, 0.2) is 30.7 Å². The van der Waals surface area contributed by atoms with Crippen LogP contribution in [0, 0.1) is 0 Å². The molecule has 1 saturated heterocycles. The van der Waals surface area contributed by atoms with E-state index >= 15 is 0 Å². The van der Waals surface area contributed by atoms with Crippen molar-refractivity contribution in [2.45, 2.75) is 32.2 Å². The number of pyridine rings is 1. The number of hydrogen-bond donors (Lipinski definition) is 0. The quantitative estimate of drug-likeness (QED) is 0.813. The second-order valence-electron chi connectivity index (χ2n) is 5.23. The highest BCUT2D eigenvalue weighted by Gasteiger charge is 2.22. The maximum atomic E-state index is 5.96. The van der Waals surface area contributed by atoms with E-state index in [4.69, 9.17) is 11.6 Å². The Hall–Kier alpha value is -1.55. The number of halogens is 1. The minimum Gasteiger partial charge on any atom is -0.371 e. The monoisotopic (exact) mass is 290 g/mol. The number of rotatable bonds is 3. The van der Waals surface area contributed by atoms with Gasteiger partial charge >= 0.3 is 0 Å². The molecule has 0 saturated carbocycles. The summed E-state index contributed by atoms with van der Waals surface area (Å²) in [5.41, 5.74) is 2.55. The van der Waals surface area contributed by atoms with E-state index in [-0.39, 0.29) is 0 Å². The molecule has 1 aliphatic rings. The van der Waals surface area contributed by atoms with E-state index in [0.29, 0.717) is 11.1 Å². The van der Waals surface area contributed by atoms with Gasteiger partial charge in [0, 0.05) is 37.7 Å². The first-order valence-corrected chi connectivity index (χ1v) is 7.53. The van der Waals surface area contributed by atoms with Crippen LogP contribution in [0.2, 0.25) is 5.15 Å². The van der Waals surface area contributed by atoms with Crippen molar-refractivity contribution in [1.29, 1.82) is 0 Å². The van der Waals surface area contributed by atoms with Crippen molar-refractivity contribution < 1.29 is 0 Å². The predicted molar refractivity (Wildman–Crippen MR) is 81.3 cm³/mol. The van der Waals surface area contributed by atoms with E-state index in [1.165, 1.54) is 11.3 Å². The van der Waals surface area contributed by atoms with Crippen molar-refractivity contribution >= 4 is 17.3 Å². The number of aromatic nitrogens is 3. The molecule has 0 N–H and O–H groups in total. The van der Waals surface area contributed by atoms with Crippen molar-refractivity contribution in [2.75, 3.05) is 18.0 Å². The largest absolute Gasteiger partial charge is 0.371 e. The minimum atomic E-state index is 0.564. The number of anilines is 1. The second kappa shape index (κ2) is 5.83. The van der Waals surface area contributed by atoms with Gasteiger partial charge in [0.1, 0.15) is 5.15 Å². The summed E-state index contributed by atoms with van der Waals surface area (Å²) < 4.78 is 2.00. The van der Waals surface area contributed by atoms with Gasteiger partial charge in [-0.15, -0.1) is 0 Å². The lowest BCUT2D eigenvalue weighted by Gasteiger charge is -2.33. The first kappa shape index (κ1) is 13.4. The third-order valence-corrected chi connectivity index (χ3v) is 4.23. The Morgan fingerprint density at radius 1 is 1.35 bits per heavy atom. The van der Waals surface area contributed by atoms with Gasteiger partial charge in [0.25, 0.3) is 0 Å². The van der Waals surface area contributed by atoms with Crippen molar-refractivity contribution in [3.05, 3.63) is 41.4 Å². The summed E-state index contributed by atoms with van der Waals surface area (Å²) >= 11 is 5.96. The Morgan fingerprint density at radius 3 is 2.80 bits per heavy atom. The highest BCUT2D eigenvalue weighted by molar-refractivity contribution is 6.29. The normalized spacial score (nSPS) is 16.6. The van der Waals surface area contributed by atoms with Gasteiger partial charge in [0.2, 0.25) is 0 Å². The Bertz CT molecular complexity index is 573. The molecule has 1 aliphatic heterocycles. The topological polar surface area (TPSA) is 34.0 Å². The highest BCUT2D eigenvalue weighted by atomic mass is 35.5. The first-order valence-electron chi connectivity index (χ1n) is 7.15. The molecule has 0 aromatic carbocycles. The third-order valence-electron chi connectivity index (χ3n) is 4.02. The zero-order valence-corrected chi connectivity index (χ0v) is 12.4. The fourth-order valence-electron chi connectivity index (χ4n) is 2.82. The smallest absolute Gasteiger partial charge is 0.131 e. The van der Waals surface area contributed by atoms with Crippen molar-refractivity contribution in [1.82, 2.24) is 14.8 Å². The minimum absolute atomic E-state index is 0.564. The Labute approximate surface area is 124 Å². The van der Waals surface area contributed by atoms with E-state index in [2.05, 4.69) is 28.1 Å². The summed E-state index contributed by atoms with van der Waals surface area (Å²) in [7, 11) is 0. The molecular weight excluding hydrogens is 272 g/mol. The van der Waals surface area contributed by atoms with Gasteiger partial charge in [-0.2, -0.15) is 5.10 Å². The molecule has 20 heavy (non-hydrogen) atoms. The number of nitrogens with zero attached hydrogens (tertiary/aromatic N) is 4. The van der Waals surface area contributed by atoms with Crippen molar-refractivity contribution in [3.8, 4) is 0 Å². The summed E-state index contributed by atoms with van der Waals surface area (Å²) in [6.45, 7) is 5.17. The van der Waals surface area contributed by atoms with Crippen LogP contribution in [0.1, 0.15) is 31.2 Å². The van der Waals surface area contributed by atoms with Crippen molar-refractivity contribution in [3.63, 3.8) is 0 Å². The number of aryl methyl sites for hydroxylation is 1. The van der Waals surface area contributed by atoms with Crippen LogP contribution in [-0.4, -0.2) is 27.9 Å². The molecule has 0 unspecified atom stereocenters. The van der Waals surface area contributed by atoms with Gasteiger partial charge < -0.3 is 4.90 Å². The van der Waals surface area contributed by atoms with E-state index in [1.54, 1.807) is 6.20 Å². The molecule has 5 heteroatoms. The van der Waals surface area contributed by atoms with Crippen LogP contribution < -0.4 is 4.90 Å². The highest BCUT2D eigenvalue weighted by Crippen LogP contribution is 2.30. The zero-order valence-electron chi connectivity index (χ0n) is 11.7. The summed E-state index contributed by atoms with van der Waals surface area (Å²) in [4.78, 5) is 6.42. The maximum absolute atomic E-state index is 5.96. The fraction of sp³-hybridized carbons (Fsp3) is 0.467. The fourth-order valence-corrected chi connectivity index (χ4v) is 2.99. The Kier molecular flexibility index (Phi) is 3.92. The van der Waals surface area contributed by atoms with Crippen LogP contribution >= 0.6 is 11.6 Å². The summed E-state index contributed by atoms with van der Waals surface area (Å²) in [6.07, 6.45) is 8.30. The Morgan fingerprint density at radius 2 is 2.15 bits per heavy atom. The van der Waals surface area contributed by atoms with Crippen LogP contribution in [0.3, 0.4) is 0 Å². The van der Waals surface area contributed by atoms with Gasteiger partial charge in [-0.3, -0.25) is 4.68 Å². The molecule has 3 rings (SSSR count). The summed E-state index contributed by atoms with van der Waals surface area (Å²) in [6, 6.07) is 3.97. The lowest BCUT2D eigenvalue weighted by atomic mass is 9.91. The lowest BCUT2D eigenvalue weighted by molar-refractivity contribution is 0.504. The molecule has 4 nitrogen and oxygen atoms in total. The van der Waals surface area contributed by atoms with E-state index in [9.17, 15) is 0 Å². The lowest BCUT2D eigenvalue weighted by Crippen LogP contribution is -2.32. The number of hydrogen-bond acceptors (Lipinski definition) is 3. The molecule has 0 aliphatic carbocycles. The molecule has 0 spiro atoms. The van der Waals surface area contributed by atoms with Crippen LogP contribution in [-0.2, 0) is 6.54 Å². The third kappa shape index (κ3) is 2.80. The average molecular weight is 291 g/mol. The second-order valence-corrected chi connectivity index (χ2v) is 5.61. The van der Waals surface area contributed by atoms with Gasteiger partial charge in [-0.25, -0.2) is 4.98 Å². The van der Waals surface area contributed by atoms with Gasteiger partial charge in [0.05, 0.1) is 6.20 Å². The number of piperidine rings is 1. The molecular formula is C15H19ClN4. The van der Waals surface area contributed by atoms with Gasteiger partial charge in [-0.05, 0) is 43.4 Å². The zero-order chi connectivity index (χ0) is 13.9. The summed E-state index contributed by atoms with van der Waals surface area (Å²) in [5.74, 6) is 0.629. The van der Waals surface area contributed by atoms with Gasteiger partial charge in [-0.1, -0.05) is 11.6 Å². The van der Waals surface area contributed by atoms with E-state index in [1.807, 2.05) is 23.0 Å². The SMILES string of the molecule is CCn1cc(C2CCN(c3ccnc(Cl)c3)CC2)cn1. The molecule has 0 bridgehead atoms. The molecule has 1 fully saturated rings. The van der Waals surface area contributed by atoms with Crippen LogP contribution in [0.4, 0.5) is 5.69 Å². The standard InChI is InChI=1S/C15H19ClN4/c1-2-20-11-13(10-18-20)12-4-7-19(8-5-12)14-3-6-17-15(16)9-14/h3,6,9-12H,2,4-5,7-8H2,1H3. The maximum Gasteiger partial charge on any atom is 0.131 e. The Balaban J connectivity index is 1.64. The molecule has 106 valence electrons. The van der Waals surface area contributed by atoms with Crippen LogP contribution in [0.25, 0.3) is 0 Å².